The number of rotatable bonds is 6. The molecule has 18 heavy (non-hydrogen) atoms. The van der Waals surface area contributed by atoms with E-state index in [4.69, 9.17) is 0 Å². The van der Waals surface area contributed by atoms with Crippen molar-refractivity contribution < 1.29 is 4.79 Å². The number of likely N-dealkylation sites (N-methyl/N-ethyl adjacent to an activating group) is 1. The second-order valence-corrected chi connectivity index (χ2v) is 4.65. The molecule has 0 saturated carbocycles. The molecule has 0 aliphatic carbocycles. The van der Waals surface area contributed by atoms with E-state index in [1.807, 2.05) is 31.2 Å². The van der Waals surface area contributed by atoms with E-state index in [0.717, 1.165) is 18.7 Å². The molecule has 3 nitrogen and oxygen atoms in total. The Labute approximate surface area is 110 Å². The zero-order valence-electron chi connectivity index (χ0n) is 11.9. The highest BCUT2D eigenvalue weighted by molar-refractivity contribution is 5.94. The molecular weight excluding hydrogens is 224 g/mol. The van der Waals surface area contributed by atoms with Gasteiger partial charge in [-0.3, -0.25) is 9.69 Å². The Bertz CT molecular complexity index is 369. The van der Waals surface area contributed by atoms with Crippen LogP contribution in [-0.4, -0.2) is 36.5 Å². The molecule has 0 saturated heterocycles. The monoisotopic (exact) mass is 248 g/mol. The van der Waals surface area contributed by atoms with Gasteiger partial charge in [0, 0.05) is 18.2 Å². The number of amides is 1. The summed E-state index contributed by atoms with van der Waals surface area (Å²) in [6.07, 6.45) is 0. The van der Waals surface area contributed by atoms with Gasteiger partial charge in [-0.2, -0.15) is 0 Å². The molecule has 0 aliphatic rings. The number of carbonyl (C=O) groups excluding carboxylic acids is 1. The number of aryl methyl sites for hydroxylation is 1. The number of carbonyl (C=O) groups is 1. The molecule has 0 radical (unpaired) electrons. The Morgan fingerprint density at radius 1 is 1.22 bits per heavy atom. The van der Waals surface area contributed by atoms with E-state index in [9.17, 15) is 4.79 Å². The lowest BCUT2D eigenvalue weighted by molar-refractivity contribution is 0.0938. The summed E-state index contributed by atoms with van der Waals surface area (Å²) in [4.78, 5) is 14.3. The minimum absolute atomic E-state index is 0.00834. The summed E-state index contributed by atoms with van der Waals surface area (Å²) in [6, 6.07) is 8.03. The van der Waals surface area contributed by atoms with Crippen LogP contribution >= 0.6 is 0 Å². The summed E-state index contributed by atoms with van der Waals surface area (Å²) in [5.41, 5.74) is 1.90. The average Bonchev–Trinajstić information content (AvgIpc) is 2.38. The van der Waals surface area contributed by atoms with Crippen LogP contribution in [0.2, 0.25) is 0 Å². The van der Waals surface area contributed by atoms with Gasteiger partial charge in [-0.25, -0.2) is 0 Å². The third-order valence-corrected chi connectivity index (χ3v) is 3.31. The minimum atomic E-state index is 0.00834. The Morgan fingerprint density at radius 2 is 1.78 bits per heavy atom. The van der Waals surface area contributed by atoms with Gasteiger partial charge in [0.1, 0.15) is 0 Å². The van der Waals surface area contributed by atoms with Gasteiger partial charge in [0.25, 0.3) is 5.91 Å². The molecule has 100 valence electrons. The first-order valence-corrected chi connectivity index (χ1v) is 6.67. The fourth-order valence-electron chi connectivity index (χ4n) is 2.02. The minimum Gasteiger partial charge on any atom is -0.350 e. The van der Waals surface area contributed by atoms with Crippen molar-refractivity contribution in [3.8, 4) is 0 Å². The summed E-state index contributed by atoms with van der Waals surface area (Å²) in [5.74, 6) is 0.00834. The first-order chi connectivity index (χ1) is 8.58. The van der Waals surface area contributed by atoms with Crippen LogP contribution in [0.15, 0.2) is 24.3 Å². The first kappa shape index (κ1) is 14.7. The molecule has 1 atom stereocenters. The first-order valence-electron chi connectivity index (χ1n) is 6.67. The van der Waals surface area contributed by atoms with Crippen LogP contribution in [0.1, 0.15) is 36.7 Å². The van der Waals surface area contributed by atoms with E-state index in [-0.39, 0.29) is 5.91 Å². The van der Waals surface area contributed by atoms with Gasteiger partial charge in [-0.1, -0.05) is 31.5 Å². The maximum atomic E-state index is 11.9. The second kappa shape index (κ2) is 7.17. The van der Waals surface area contributed by atoms with Crippen molar-refractivity contribution in [3.63, 3.8) is 0 Å². The topological polar surface area (TPSA) is 32.3 Å². The number of nitrogens with one attached hydrogen (secondary N) is 1. The Hall–Kier alpha value is -1.35. The van der Waals surface area contributed by atoms with Crippen molar-refractivity contribution in [2.75, 3.05) is 19.6 Å². The molecule has 0 aromatic heterocycles. The quantitative estimate of drug-likeness (QED) is 0.838. The smallest absolute Gasteiger partial charge is 0.251 e. The highest BCUT2D eigenvalue weighted by Gasteiger charge is 2.11. The Morgan fingerprint density at radius 3 is 2.28 bits per heavy atom. The van der Waals surface area contributed by atoms with E-state index < -0.39 is 0 Å². The average molecular weight is 248 g/mol. The van der Waals surface area contributed by atoms with Gasteiger partial charge in [-0.15, -0.1) is 0 Å². The predicted octanol–water partition coefficient (Wildman–Crippen LogP) is 2.46. The number of hydrogen-bond donors (Lipinski definition) is 1. The Balaban J connectivity index is 2.48. The zero-order chi connectivity index (χ0) is 13.5. The van der Waals surface area contributed by atoms with Crippen LogP contribution in [0.25, 0.3) is 0 Å². The van der Waals surface area contributed by atoms with Crippen LogP contribution in [0.4, 0.5) is 0 Å². The molecule has 0 bridgehead atoms. The largest absolute Gasteiger partial charge is 0.350 e. The van der Waals surface area contributed by atoms with E-state index in [2.05, 4.69) is 31.0 Å². The Kier molecular flexibility index (Phi) is 5.86. The summed E-state index contributed by atoms with van der Waals surface area (Å²) in [6.45, 7) is 11.2. The second-order valence-electron chi connectivity index (χ2n) is 4.65. The van der Waals surface area contributed by atoms with Gasteiger partial charge >= 0.3 is 0 Å². The van der Waals surface area contributed by atoms with Gasteiger partial charge in [0.15, 0.2) is 0 Å². The van der Waals surface area contributed by atoms with Crippen LogP contribution in [-0.2, 0) is 0 Å². The molecule has 1 amide bonds. The van der Waals surface area contributed by atoms with Crippen molar-refractivity contribution in [1.82, 2.24) is 10.2 Å². The number of hydrogen-bond acceptors (Lipinski definition) is 2. The highest BCUT2D eigenvalue weighted by atomic mass is 16.1. The lowest BCUT2D eigenvalue weighted by atomic mass is 10.1. The molecule has 3 heteroatoms. The molecule has 0 fully saturated rings. The molecule has 1 aromatic rings. The summed E-state index contributed by atoms with van der Waals surface area (Å²) in [7, 11) is 0. The molecule has 1 rings (SSSR count). The van der Waals surface area contributed by atoms with Crippen LogP contribution in [0.3, 0.4) is 0 Å². The summed E-state index contributed by atoms with van der Waals surface area (Å²) < 4.78 is 0. The molecule has 0 heterocycles. The van der Waals surface area contributed by atoms with Crippen molar-refractivity contribution in [2.24, 2.45) is 0 Å². The standard InChI is InChI=1S/C15H24N2O/c1-5-17(6-2)13(4)11-16-15(18)14-9-7-12(3)8-10-14/h7-10,13H,5-6,11H2,1-4H3,(H,16,18). The predicted molar refractivity (Wildman–Crippen MR) is 75.9 cm³/mol. The fourth-order valence-corrected chi connectivity index (χ4v) is 2.02. The van der Waals surface area contributed by atoms with E-state index >= 15 is 0 Å². The van der Waals surface area contributed by atoms with E-state index in [1.54, 1.807) is 0 Å². The number of benzene rings is 1. The maximum Gasteiger partial charge on any atom is 0.251 e. The van der Waals surface area contributed by atoms with Gasteiger partial charge in [0.2, 0.25) is 0 Å². The van der Waals surface area contributed by atoms with Crippen molar-refractivity contribution in [2.45, 2.75) is 33.7 Å². The number of nitrogens with zero attached hydrogens (tertiary/aromatic N) is 1. The SMILES string of the molecule is CCN(CC)C(C)CNC(=O)c1ccc(C)cc1. The molecule has 1 aromatic carbocycles. The third kappa shape index (κ3) is 4.15. The molecule has 1 unspecified atom stereocenters. The lowest BCUT2D eigenvalue weighted by Gasteiger charge is -2.26. The van der Waals surface area contributed by atoms with Crippen LogP contribution < -0.4 is 5.32 Å². The summed E-state index contributed by atoms with van der Waals surface area (Å²) in [5, 5.41) is 2.99. The molecule has 0 spiro atoms. The maximum absolute atomic E-state index is 11.9. The van der Waals surface area contributed by atoms with Crippen molar-refractivity contribution in [3.05, 3.63) is 35.4 Å². The van der Waals surface area contributed by atoms with Crippen LogP contribution in [0.5, 0.6) is 0 Å². The molecular formula is C15H24N2O. The van der Waals surface area contributed by atoms with Gasteiger partial charge in [0.05, 0.1) is 0 Å². The lowest BCUT2D eigenvalue weighted by Crippen LogP contribution is -2.41. The molecule has 1 N–H and O–H groups in total. The third-order valence-electron chi connectivity index (χ3n) is 3.31. The van der Waals surface area contributed by atoms with E-state index in [0.29, 0.717) is 12.6 Å². The van der Waals surface area contributed by atoms with Gasteiger partial charge in [-0.05, 0) is 39.1 Å². The van der Waals surface area contributed by atoms with E-state index in [1.165, 1.54) is 5.56 Å². The zero-order valence-corrected chi connectivity index (χ0v) is 11.9. The highest BCUT2D eigenvalue weighted by Crippen LogP contribution is 2.03. The van der Waals surface area contributed by atoms with Gasteiger partial charge < -0.3 is 5.32 Å². The summed E-state index contributed by atoms with van der Waals surface area (Å²) >= 11 is 0. The normalized spacial score (nSPS) is 12.5. The van der Waals surface area contributed by atoms with Crippen molar-refractivity contribution >= 4 is 5.91 Å². The van der Waals surface area contributed by atoms with Crippen molar-refractivity contribution in [1.29, 1.82) is 0 Å². The molecule has 0 aliphatic heterocycles. The fraction of sp³-hybridized carbons (Fsp3) is 0.533. The van der Waals surface area contributed by atoms with Crippen LogP contribution in [0, 0.1) is 6.92 Å².